The van der Waals surface area contributed by atoms with Crippen molar-refractivity contribution >= 4 is 27.2 Å². The number of hydrogen-bond donors (Lipinski definition) is 1. The smallest absolute Gasteiger partial charge is 0.243 e. The summed E-state index contributed by atoms with van der Waals surface area (Å²) in [5.41, 5.74) is 5.96. The first-order chi connectivity index (χ1) is 8.98. The van der Waals surface area contributed by atoms with Gasteiger partial charge >= 0.3 is 0 Å². The summed E-state index contributed by atoms with van der Waals surface area (Å²) in [7, 11) is -1.96. The van der Waals surface area contributed by atoms with Gasteiger partial charge in [0.2, 0.25) is 10.0 Å². The van der Waals surface area contributed by atoms with Gasteiger partial charge in [0.1, 0.15) is 4.99 Å². The molecule has 1 unspecified atom stereocenters. The topological polar surface area (TPSA) is 63.4 Å². The van der Waals surface area contributed by atoms with Crippen molar-refractivity contribution in [3.63, 3.8) is 0 Å². The quantitative estimate of drug-likeness (QED) is 0.867. The molecular weight excluding hydrogens is 292 g/mol. The predicted molar refractivity (Wildman–Crippen MR) is 86.2 cm³/mol. The average Bonchev–Trinajstić information content (AvgIpc) is 2.35. The minimum absolute atomic E-state index is 0.138. The first-order valence-corrected chi connectivity index (χ1v) is 8.20. The van der Waals surface area contributed by atoms with Crippen molar-refractivity contribution in [2.75, 3.05) is 7.05 Å². The second kappa shape index (κ2) is 5.79. The average molecular weight is 314 g/mol. The Labute approximate surface area is 127 Å². The highest BCUT2D eigenvalue weighted by Gasteiger charge is 2.32. The van der Waals surface area contributed by atoms with Crippen LogP contribution in [0.3, 0.4) is 0 Å². The second-order valence-corrected chi connectivity index (χ2v) is 8.39. The van der Waals surface area contributed by atoms with Crippen LogP contribution in [0.15, 0.2) is 29.2 Å². The highest BCUT2D eigenvalue weighted by molar-refractivity contribution is 7.89. The van der Waals surface area contributed by atoms with Crippen LogP contribution in [0.5, 0.6) is 0 Å². The molecule has 0 aliphatic carbocycles. The van der Waals surface area contributed by atoms with E-state index in [0.717, 1.165) is 0 Å². The fourth-order valence-corrected chi connectivity index (χ4v) is 3.45. The third kappa shape index (κ3) is 3.56. The maximum atomic E-state index is 12.6. The fourth-order valence-electron chi connectivity index (χ4n) is 1.73. The highest BCUT2D eigenvalue weighted by atomic mass is 32.2. The van der Waals surface area contributed by atoms with Gasteiger partial charge < -0.3 is 5.73 Å². The van der Waals surface area contributed by atoms with E-state index >= 15 is 0 Å². The Kier molecular flexibility index (Phi) is 4.94. The van der Waals surface area contributed by atoms with Crippen LogP contribution in [0.1, 0.15) is 33.3 Å². The molecule has 4 nitrogen and oxygen atoms in total. The van der Waals surface area contributed by atoms with E-state index in [-0.39, 0.29) is 21.3 Å². The summed E-state index contributed by atoms with van der Waals surface area (Å²) in [5, 5.41) is 0. The Bertz CT molecular complexity index is 604. The Morgan fingerprint density at radius 2 is 1.90 bits per heavy atom. The van der Waals surface area contributed by atoms with Crippen LogP contribution in [0.2, 0.25) is 0 Å². The van der Waals surface area contributed by atoms with E-state index in [4.69, 9.17) is 18.0 Å². The molecule has 0 saturated carbocycles. The molecule has 0 amide bonds. The van der Waals surface area contributed by atoms with Crippen LogP contribution in [0.25, 0.3) is 0 Å². The Morgan fingerprint density at radius 3 is 2.35 bits per heavy atom. The highest BCUT2D eigenvalue weighted by Crippen LogP contribution is 2.27. The molecule has 2 N–H and O–H groups in total. The van der Waals surface area contributed by atoms with Gasteiger partial charge in [0.15, 0.2) is 0 Å². The molecule has 0 radical (unpaired) electrons. The molecule has 0 fully saturated rings. The molecule has 1 aromatic carbocycles. The molecule has 0 saturated heterocycles. The summed E-state index contributed by atoms with van der Waals surface area (Å²) < 4.78 is 26.7. The summed E-state index contributed by atoms with van der Waals surface area (Å²) >= 11 is 4.89. The van der Waals surface area contributed by atoms with Gasteiger partial charge in [-0.05, 0) is 24.5 Å². The van der Waals surface area contributed by atoms with Gasteiger partial charge in [0.05, 0.1) is 4.90 Å². The van der Waals surface area contributed by atoms with Gasteiger partial charge in [-0.25, -0.2) is 8.42 Å². The van der Waals surface area contributed by atoms with Crippen molar-refractivity contribution in [3.8, 4) is 0 Å². The van der Waals surface area contributed by atoms with Gasteiger partial charge in [0.25, 0.3) is 0 Å². The minimum Gasteiger partial charge on any atom is -0.389 e. The third-order valence-corrected chi connectivity index (χ3v) is 5.75. The van der Waals surface area contributed by atoms with Crippen LogP contribution in [-0.4, -0.2) is 30.8 Å². The predicted octanol–water partition coefficient (Wildman–Crippen LogP) is 2.38. The molecule has 0 spiro atoms. The lowest BCUT2D eigenvalue weighted by molar-refractivity contribution is 0.216. The van der Waals surface area contributed by atoms with Crippen LogP contribution in [0.4, 0.5) is 0 Å². The molecule has 1 atom stereocenters. The van der Waals surface area contributed by atoms with Gasteiger partial charge in [-0.3, -0.25) is 0 Å². The van der Waals surface area contributed by atoms with E-state index in [1.165, 1.54) is 10.4 Å². The van der Waals surface area contributed by atoms with Gasteiger partial charge in [-0.1, -0.05) is 45.1 Å². The van der Waals surface area contributed by atoms with E-state index in [1.54, 1.807) is 25.2 Å². The van der Waals surface area contributed by atoms with E-state index < -0.39 is 10.0 Å². The Balaban J connectivity index is 3.23. The van der Waals surface area contributed by atoms with Crippen molar-refractivity contribution in [3.05, 3.63) is 29.8 Å². The molecule has 0 aliphatic heterocycles. The summed E-state index contributed by atoms with van der Waals surface area (Å²) in [6.07, 6.45) is 0. The normalized spacial score (nSPS) is 14.3. The molecular formula is C14H22N2O2S2. The summed E-state index contributed by atoms with van der Waals surface area (Å²) in [4.78, 5) is 0.398. The number of hydrogen-bond acceptors (Lipinski definition) is 3. The summed E-state index contributed by atoms with van der Waals surface area (Å²) in [6, 6.07) is 6.29. The van der Waals surface area contributed by atoms with Gasteiger partial charge in [-0.15, -0.1) is 0 Å². The first-order valence-electron chi connectivity index (χ1n) is 6.36. The van der Waals surface area contributed by atoms with Crippen LogP contribution in [0, 0.1) is 5.41 Å². The van der Waals surface area contributed by atoms with E-state index in [9.17, 15) is 8.42 Å². The second-order valence-electron chi connectivity index (χ2n) is 5.96. The van der Waals surface area contributed by atoms with Crippen molar-refractivity contribution < 1.29 is 8.42 Å². The lowest BCUT2D eigenvalue weighted by Gasteiger charge is -2.34. The number of nitrogens with zero attached hydrogens (tertiary/aromatic N) is 1. The maximum Gasteiger partial charge on any atom is 0.243 e. The zero-order chi connectivity index (χ0) is 15.7. The zero-order valence-electron chi connectivity index (χ0n) is 12.5. The standard InChI is InChI=1S/C14H22N2O2S2/c1-10(14(2,3)4)16(5)20(17,18)12-8-6-7-11(9-12)13(15)19/h6-10H,1-5H3,(H2,15,19). The molecule has 0 heterocycles. The first kappa shape index (κ1) is 17.1. The van der Waals surface area contributed by atoms with E-state index in [1.807, 2.05) is 27.7 Å². The molecule has 6 heteroatoms. The number of sulfonamides is 1. The summed E-state index contributed by atoms with van der Waals surface area (Å²) in [5.74, 6) is 0. The Hall–Kier alpha value is -0.980. The number of benzene rings is 1. The zero-order valence-corrected chi connectivity index (χ0v) is 14.2. The van der Waals surface area contributed by atoms with Crippen LogP contribution in [-0.2, 0) is 10.0 Å². The van der Waals surface area contributed by atoms with E-state index in [2.05, 4.69) is 0 Å². The molecule has 0 bridgehead atoms. The fraction of sp³-hybridized carbons (Fsp3) is 0.500. The maximum absolute atomic E-state index is 12.6. The van der Waals surface area contributed by atoms with Crippen molar-refractivity contribution in [1.29, 1.82) is 0 Å². The minimum atomic E-state index is -3.56. The Morgan fingerprint density at radius 1 is 1.35 bits per heavy atom. The molecule has 20 heavy (non-hydrogen) atoms. The van der Waals surface area contributed by atoms with Crippen molar-refractivity contribution in [1.82, 2.24) is 4.31 Å². The number of nitrogens with two attached hydrogens (primary N) is 1. The largest absolute Gasteiger partial charge is 0.389 e. The lowest BCUT2D eigenvalue weighted by atomic mass is 9.88. The lowest BCUT2D eigenvalue weighted by Crippen LogP contribution is -2.42. The summed E-state index contributed by atoms with van der Waals surface area (Å²) in [6.45, 7) is 7.92. The SMILES string of the molecule is CC(N(C)S(=O)(=O)c1cccc(C(N)=S)c1)C(C)(C)C. The number of thiocarbonyl (C=S) groups is 1. The van der Waals surface area contributed by atoms with Gasteiger partial charge in [-0.2, -0.15) is 4.31 Å². The van der Waals surface area contributed by atoms with Crippen molar-refractivity contribution in [2.45, 2.75) is 38.6 Å². The molecule has 0 aliphatic rings. The molecule has 1 aromatic rings. The monoisotopic (exact) mass is 314 g/mol. The third-order valence-electron chi connectivity index (χ3n) is 3.59. The number of rotatable bonds is 4. The molecule has 0 aromatic heterocycles. The molecule has 1 rings (SSSR count). The molecule has 112 valence electrons. The van der Waals surface area contributed by atoms with Crippen LogP contribution < -0.4 is 5.73 Å². The van der Waals surface area contributed by atoms with Crippen molar-refractivity contribution in [2.24, 2.45) is 11.1 Å². The van der Waals surface area contributed by atoms with Gasteiger partial charge in [0, 0.05) is 18.7 Å². The van der Waals surface area contributed by atoms with E-state index in [0.29, 0.717) is 5.56 Å². The van der Waals surface area contributed by atoms with Crippen LogP contribution >= 0.6 is 12.2 Å².